The average Bonchev–Trinajstić information content (AvgIpc) is 3.30. The van der Waals surface area contributed by atoms with Crippen LogP contribution in [0.25, 0.3) is 11.3 Å². The summed E-state index contributed by atoms with van der Waals surface area (Å²) in [6.07, 6.45) is -0.183. The second kappa shape index (κ2) is 12.7. The lowest BCUT2D eigenvalue weighted by atomic mass is 9.89. The summed E-state index contributed by atoms with van der Waals surface area (Å²) < 4.78 is 38.0. The van der Waals surface area contributed by atoms with Gasteiger partial charge in [0.15, 0.2) is 0 Å². The van der Waals surface area contributed by atoms with Gasteiger partial charge in [-0.15, -0.1) is 5.10 Å². The summed E-state index contributed by atoms with van der Waals surface area (Å²) in [5.41, 5.74) is 7.42. The molecular formula is C23H35N5O7S. The largest absolute Gasteiger partial charge is 0.390 e. The van der Waals surface area contributed by atoms with E-state index in [2.05, 4.69) is 10.3 Å². The number of aryl methyl sites for hydroxylation is 1. The first-order chi connectivity index (χ1) is 17.1. The third-order valence-electron chi connectivity index (χ3n) is 5.98. The fourth-order valence-corrected chi connectivity index (χ4v) is 4.78. The number of amides is 1. The van der Waals surface area contributed by atoms with Gasteiger partial charge in [0.2, 0.25) is 0 Å². The van der Waals surface area contributed by atoms with Crippen molar-refractivity contribution < 1.29 is 32.3 Å². The maximum absolute atomic E-state index is 12.1. The molecule has 13 heteroatoms. The molecule has 1 aliphatic heterocycles. The highest BCUT2D eigenvalue weighted by molar-refractivity contribution is 7.85. The van der Waals surface area contributed by atoms with Crippen LogP contribution in [0.15, 0.2) is 36.5 Å². The Bertz CT molecular complexity index is 1080. The van der Waals surface area contributed by atoms with Crippen LogP contribution >= 0.6 is 0 Å². The highest BCUT2D eigenvalue weighted by atomic mass is 32.2. The minimum Gasteiger partial charge on any atom is -0.390 e. The zero-order valence-electron chi connectivity index (χ0n) is 20.4. The molecule has 0 spiro atoms. The molecule has 2 aromatic rings. The van der Waals surface area contributed by atoms with Crippen LogP contribution < -0.4 is 10.5 Å². The Hall–Kier alpha value is -2.42. The van der Waals surface area contributed by atoms with E-state index in [0.717, 1.165) is 11.3 Å². The molecule has 0 bridgehead atoms. The Kier molecular flexibility index (Phi) is 9.93. The maximum Gasteiger partial charge on any atom is 0.362 e. The molecule has 1 amide bonds. The van der Waals surface area contributed by atoms with Gasteiger partial charge in [-0.1, -0.05) is 49.4 Å². The zero-order valence-corrected chi connectivity index (χ0v) is 21.3. The summed E-state index contributed by atoms with van der Waals surface area (Å²) in [5.74, 6) is -1.12. The van der Waals surface area contributed by atoms with Crippen LogP contribution in [0.3, 0.4) is 0 Å². The number of aliphatic hydroxyl groups excluding tert-OH is 2. The second-order valence-corrected chi connectivity index (χ2v) is 10.8. The predicted molar refractivity (Wildman–Crippen MR) is 130 cm³/mol. The van der Waals surface area contributed by atoms with Crippen LogP contribution in [0.5, 0.6) is 0 Å². The van der Waals surface area contributed by atoms with Gasteiger partial charge in [0.25, 0.3) is 5.91 Å². The quantitative estimate of drug-likeness (QED) is 0.299. The molecule has 1 fully saturated rings. The Morgan fingerprint density at radius 1 is 1.28 bits per heavy atom. The summed E-state index contributed by atoms with van der Waals surface area (Å²) in [4.78, 5) is 12.0. The van der Waals surface area contributed by atoms with E-state index in [1.807, 2.05) is 50.4 Å². The first kappa shape index (κ1) is 28.2. The van der Waals surface area contributed by atoms with Crippen LogP contribution in [0.1, 0.15) is 33.1 Å². The van der Waals surface area contributed by atoms with E-state index in [4.69, 9.17) is 14.7 Å². The van der Waals surface area contributed by atoms with Crippen molar-refractivity contribution in [2.75, 3.05) is 13.2 Å². The number of hydrogen-bond donors (Lipinski definition) is 4. The highest BCUT2D eigenvalue weighted by Gasteiger charge is 2.39. The lowest BCUT2D eigenvalue weighted by Gasteiger charge is -2.37. The van der Waals surface area contributed by atoms with E-state index < -0.39 is 47.2 Å². The van der Waals surface area contributed by atoms with Crippen LogP contribution in [0.2, 0.25) is 0 Å². The standard InChI is InChI=1S/C23H35N5O7S/c1-15(2)11-18(24)23(31)26-36(32,33)35-14-20-22(30)21(29)17(13-34-20)9-6-10-28-12-19(25-27-28)16-7-4-3-5-8-16/h3-5,7-8,12,15,17-18,20-22,29-30H,6,9-11,13-14,24H2,1-2H3,(H,26,31)/t17-,18+,20-,21+,22-/m1/s1. The van der Waals surface area contributed by atoms with Gasteiger partial charge < -0.3 is 20.7 Å². The molecule has 0 aliphatic carbocycles. The molecule has 0 unspecified atom stereocenters. The molecule has 1 aromatic carbocycles. The number of rotatable bonds is 12. The number of ether oxygens (including phenoxy) is 1. The van der Waals surface area contributed by atoms with Gasteiger partial charge in [-0.3, -0.25) is 13.7 Å². The summed E-state index contributed by atoms with van der Waals surface area (Å²) in [5, 5.41) is 29.3. The van der Waals surface area contributed by atoms with Crippen molar-refractivity contribution in [1.29, 1.82) is 0 Å². The van der Waals surface area contributed by atoms with Gasteiger partial charge in [-0.25, -0.2) is 4.72 Å². The van der Waals surface area contributed by atoms with E-state index in [9.17, 15) is 23.4 Å². The monoisotopic (exact) mass is 525 g/mol. The highest BCUT2D eigenvalue weighted by Crippen LogP contribution is 2.25. The van der Waals surface area contributed by atoms with Crippen LogP contribution in [0, 0.1) is 11.8 Å². The minimum atomic E-state index is -4.45. The van der Waals surface area contributed by atoms with Crippen molar-refractivity contribution in [3.8, 4) is 11.3 Å². The zero-order chi connectivity index (χ0) is 26.3. The number of nitrogens with zero attached hydrogens (tertiary/aromatic N) is 3. The third-order valence-corrected chi connectivity index (χ3v) is 6.88. The van der Waals surface area contributed by atoms with Crippen molar-refractivity contribution in [2.45, 2.75) is 64.0 Å². The fraction of sp³-hybridized carbons (Fsp3) is 0.609. The SMILES string of the molecule is CC(C)C[C@H](N)C(=O)NS(=O)(=O)OC[C@H]1OC[C@@H](CCCn2cc(-c3ccccc3)nn2)[C@H](O)[C@@H]1O. The Balaban J connectivity index is 1.42. The summed E-state index contributed by atoms with van der Waals surface area (Å²) >= 11 is 0. The van der Waals surface area contributed by atoms with Crippen molar-refractivity contribution >= 4 is 16.2 Å². The molecule has 0 saturated carbocycles. The van der Waals surface area contributed by atoms with Crippen molar-refractivity contribution in [3.05, 3.63) is 36.5 Å². The lowest BCUT2D eigenvalue weighted by molar-refractivity contribution is -0.173. The molecule has 1 aliphatic rings. The summed E-state index contributed by atoms with van der Waals surface area (Å²) in [6.45, 7) is 3.84. The molecule has 3 rings (SSSR count). The Morgan fingerprint density at radius 2 is 2.00 bits per heavy atom. The van der Waals surface area contributed by atoms with Gasteiger partial charge in [-0.05, 0) is 25.2 Å². The van der Waals surface area contributed by atoms with E-state index in [-0.39, 0.29) is 18.4 Å². The molecule has 1 aromatic heterocycles. The average molecular weight is 526 g/mol. The topological polar surface area (TPSA) is 179 Å². The molecule has 0 radical (unpaired) electrons. The number of nitrogens with two attached hydrogens (primary N) is 1. The second-order valence-electron chi connectivity index (χ2n) is 9.43. The van der Waals surface area contributed by atoms with E-state index in [0.29, 0.717) is 25.8 Å². The Morgan fingerprint density at radius 3 is 2.69 bits per heavy atom. The van der Waals surface area contributed by atoms with Gasteiger partial charge in [-0.2, -0.15) is 8.42 Å². The van der Waals surface area contributed by atoms with Crippen LogP contribution in [0.4, 0.5) is 0 Å². The third kappa shape index (κ3) is 8.05. The van der Waals surface area contributed by atoms with Crippen molar-refractivity contribution in [2.24, 2.45) is 17.6 Å². The summed E-state index contributed by atoms with van der Waals surface area (Å²) in [7, 11) is -4.45. The molecule has 36 heavy (non-hydrogen) atoms. The van der Waals surface area contributed by atoms with Gasteiger partial charge in [0.05, 0.1) is 31.6 Å². The maximum atomic E-state index is 12.1. The fourth-order valence-electron chi connectivity index (χ4n) is 4.01. The molecule has 1 saturated heterocycles. The smallest absolute Gasteiger partial charge is 0.362 e. The van der Waals surface area contributed by atoms with Gasteiger partial charge in [0.1, 0.15) is 17.9 Å². The summed E-state index contributed by atoms with van der Waals surface area (Å²) in [6, 6.07) is 8.69. The minimum absolute atomic E-state index is 0.109. The van der Waals surface area contributed by atoms with Crippen LogP contribution in [-0.4, -0.2) is 77.1 Å². The number of benzene rings is 1. The molecule has 2 heterocycles. The van der Waals surface area contributed by atoms with Crippen molar-refractivity contribution in [3.63, 3.8) is 0 Å². The molecule has 5 N–H and O–H groups in total. The van der Waals surface area contributed by atoms with E-state index in [1.54, 1.807) is 9.40 Å². The van der Waals surface area contributed by atoms with Crippen molar-refractivity contribution in [1.82, 2.24) is 19.7 Å². The molecule has 200 valence electrons. The number of aliphatic hydroxyl groups is 2. The molecule has 5 atom stereocenters. The number of hydrogen-bond acceptors (Lipinski definition) is 10. The normalized spacial score (nSPS) is 23.5. The van der Waals surface area contributed by atoms with E-state index >= 15 is 0 Å². The van der Waals surface area contributed by atoms with E-state index in [1.165, 1.54) is 0 Å². The number of aromatic nitrogens is 3. The van der Waals surface area contributed by atoms with Gasteiger partial charge >= 0.3 is 10.3 Å². The van der Waals surface area contributed by atoms with Crippen LogP contribution in [-0.2, 0) is 30.6 Å². The predicted octanol–water partition coefficient (Wildman–Crippen LogP) is 0.213. The number of nitrogens with one attached hydrogen (secondary N) is 1. The molecule has 12 nitrogen and oxygen atoms in total. The van der Waals surface area contributed by atoms with Gasteiger partial charge in [0, 0.05) is 18.0 Å². The lowest BCUT2D eigenvalue weighted by Crippen LogP contribution is -2.52. The number of carbonyl (C=O) groups is 1. The Labute approximate surface area is 211 Å². The first-order valence-electron chi connectivity index (χ1n) is 12.0. The number of carbonyl (C=O) groups excluding carboxylic acids is 1. The first-order valence-corrected chi connectivity index (χ1v) is 13.4. The molecular weight excluding hydrogens is 490 g/mol.